The molecule has 1 fully saturated rings. The Hall–Kier alpha value is -2.04. The Balaban J connectivity index is 2.15. The Labute approximate surface area is 124 Å². The van der Waals surface area contributed by atoms with Crippen molar-refractivity contribution in [3.8, 4) is 0 Å². The number of carbonyl (C=O) groups is 1. The second-order valence-corrected chi connectivity index (χ2v) is 5.96. The lowest BCUT2D eigenvalue weighted by Gasteiger charge is -2.32. The molecule has 5 nitrogen and oxygen atoms in total. The summed E-state index contributed by atoms with van der Waals surface area (Å²) in [6.07, 6.45) is 3.68. The van der Waals surface area contributed by atoms with Gasteiger partial charge in [0.25, 0.3) is 0 Å². The Morgan fingerprint density at radius 2 is 1.95 bits per heavy atom. The van der Waals surface area contributed by atoms with Gasteiger partial charge in [-0.2, -0.15) is 0 Å². The van der Waals surface area contributed by atoms with Crippen LogP contribution in [0.25, 0.3) is 11.0 Å². The molecule has 1 aromatic carbocycles. The summed E-state index contributed by atoms with van der Waals surface area (Å²) in [5, 5.41) is 11.5. The van der Waals surface area contributed by atoms with Gasteiger partial charge in [0.05, 0.1) is 16.6 Å². The average molecular weight is 287 g/mol. The van der Waals surface area contributed by atoms with E-state index in [2.05, 4.69) is 28.5 Å². The maximum Gasteiger partial charge on any atom is 0.335 e. The molecule has 2 heterocycles. The summed E-state index contributed by atoms with van der Waals surface area (Å²) in [6, 6.07) is 5.22. The van der Waals surface area contributed by atoms with Crippen molar-refractivity contribution in [2.24, 2.45) is 0 Å². The van der Waals surface area contributed by atoms with Gasteiger partial charge in [-0.1, -0.05) is 13.8 Å². The van der Waals surface area contributed by atoms with Crippen LogP contribution in [0, 0.1) is 0 Å². The monoisotopic (exact) mass is 287 g/mol. The predicted molar refractivity (Wildman–Crippen MR) is 82.6 cm³/mol. The number of aromatic nitrogens is 2. The minimum atomic E-state index is -0.907. The molecule has 0 unspecified atom stereocenters. The third kappa shape index (κ3) is 2.48. The smallest absolute Gasteiger partial charge is 0.335 e. The molecular weight excluding hydrogens is 266 g/mol. The average Bonchev–Trinajstić information content (AvgIpc) is 2.86. The van der Waals surface area contributed by atoms with Crippen LogP contribution in [-0.2, 0) is 0 Å². The van der Waals surface area contributed by atoms with Gasteiger partial charge in [0.15, 0.2) is 0 Å². The largest absolute Gasteiger partial charge is 0.478 e. The Bertz CT molecular complexity index is 669. The molecule has 0 atom stereocenters. The highest BCUT2D eigenvalue weighted by Gasteiger charge is 2.20. The summed E-state index contributed by atoms with van der Waals surface area (Å²) < 4.78 is 2.20. The van der Waals surface area contributed by atoms with E-state index in [1.54, 1.807) is 12.1 Å². The van der Waals surface area contributed by atoms with Crippen LogP contribution in [0.3, 0.4) is 0 Å². The second kappa shape index (κ2) is 5.39. The minimum Gasteiger partial charge on any atom is -0.478 e. The number of aromatic carboxylic acids is 1. The molecule has 1 N–H and O–H groups in total. The van der Waals surface area contributed by atoms with Crippen LogP contribution >= 0.6 is 0 Å². The van der Waals surface area contributed by atoms with Gasteiger partial charge < -0.3 is 10.1 Å². The number of carboxylic acids is 1. The van der Waals surface area contributed by atoms with Crippen LogP contribution < -0.4 is 5.01 Å². The molecule has 3 rings (SSSR count). The fourth-order valence-electron chi connectivity index (χ4n) is 2.97. The molecule has 1 aliphatic rings. The number of benzene rings is 1. The summed E-state index contributed by atoms with van der Waals surface area (Å²) in [7, 11) is 0. The van der Waals surface area contributed by atoms with Crippen molar-refractivity contribution in [1.82, 2.24) is 9.66 Å². The highest BCUT2D eigenvalue weighted by atomic mass is 16.4. The summed E-state index contributed by atoms with van der Waals surface area (Å²) in [6.45, 7) is 6.32. The zero-order valence-electron chi connectivity index (χ0n) is 12.5. The molecule has 112 valence electrons. The summed E-state index contributed by atoms with van der Waals surface area (Å²) in [5.41, 5.74) is 2.07. The fraction of sp³-hybridized carbons (Fsp3) is 0.500. The van der Waals surface area contributed by atoms with Crippen molar-refractivity contribution < 1.29 is 9.90 Å². The number of rotatable bonds is 3. The number of hydrogen-bond acceptors (Lipinski definition) is 3. The van der Waals surface area contributed by atoms with E-state index in [0.29, 0.717) is 11.5 Å². The second-order valence-electron chi connectivity index (χ2n) is 5.96. The van der Waals surface area contributed by atoms with Gasteiger partial charge >= 0.3 is 5.97 Å². The number of fused-ring (bicyclic) bond motifs is 1. The third-order valence-corrected chi connectivity index (χ3v) is 4.03. The lowest BCUT2D eigenvalue weighted by atomic mass is 10.1. The fourth-order valence-corrected chi connectivity index (χ4v) is 2.97. The molecule has 1 aliphatic heterocycles. The van der Waals surface area contributed by atoms with Crippen LogP contribution in [0.1, 0.15) is 55.2 Å². The molecule has 1 aromatic heterocycles. The molecule has 5 heteroatoms. The summed E-state index contributed by atoms with van der Waals surface area (Å²) in [4.78, 5) is 15.8. The number of imidazole rings is 1. The number of piperidine rings is 1. The van der Waals surface area contributed by atoms with E-state index in [0.717, 1.165) is 29.9 Å². The van der Waals surface area contributed by atoms with Crippen LogP contribution in [-0.4, -0.2) is 33.8 Å². The van der Waals surface area contributed by atoms with E-state index < -0.39 is 5.97 Å². The van der Waals surface area contributed by atoms with E-state index in [9.17, 15) is 4.79 Å². The lowest BCUT2D eigenvalue weighted by Crippen LogP contribution is -2.40. The van der Waals surface area contributed by atoms with Crippen molar-refractivity contribution >= 4 is 17.0 Å². The topological polar surface area (TPSA) is 58.4 Å². The standard InChI is InChI=1S/C16H21N3O2/c1-11(2)15-17-13-10-12(16(20)21)6-7-14(13)19(15)18-8-4-3-5-9-18/h6-7,10-11H,3-5,8-9H2,1-2H3,(H,20,21). The van der Waals surface area contributed by atoms with Crippen LogP contribution in [0.4, 0.5) is 0 Å². The van der Waals surface area contributed by atoms with Crippen LogP contribution in [0.2, 0.25) is 0 Å². The third-order valence-electron chi connectivity index (χ3n) is 4.03. The molecule has 0 spiro atoms. The van der Waals surface area contributed by atoms with E-state index >= 15 is 0 Å². The van der Waals surface area contributed by atoms with E-state index in [-0.39, 0.29) is 0 Å². The molecule has 0 radical (unpaired) electrons. The first-order chi connectivity index (χ1) is 10.1. The van der Waals surface area contributed by atoms with Crippen molar-refractivity contribution in [3.05, 3.63) is 29.6 Å². The first kappa shape index (κ1) is 13.9. The van der Waals surface area contributed by atoms with E-state index in [1.165, 1.54) is 19.3 Å². The van der Waals surface area contributed by atoms with Gasteiger partial charge in [0.2, 0.25) is 0 Å². The zero-order valence-corrected chi connectivity index (χ0v) is 12.5. The molecule has 0 saturated carbocycles. The molecule has 0 bridgehead atoms. The van der Waals surface area contributed by atoms with Crippen molar-refractivity contribution in [1.29, 1.82) is 0 Å². The van der Waals surface area contributed by atoms with Gasteiger partial charge in [-0.15, -0.1) is 0 Å². The van der Waals surface area contributed by atoms with E-state index in [4.69, 9.17) is 5.11 Å². The Morgan fingerprint density at radius 3 is 2.57 bits per heavy atom. The first-order valence-corrected chi connectivity index (χ1v) is 7.59. The van der Waals surface area contributed by atoms with Crippen molar-refractivity contribution in [2.45, 2.75) is 39.0 Å². The maximum absolute atomic E-state index is 11.1. The maximum atomic E-state index is 11.1. The van der Waals surface area contributed by atoms with Crippen molar-refractivity contribution in [3.63, 3.8) is 0 Å². The van der Waals surface area contributed by atoms with Gasteiger partial charge in [-0.3, -0.25) is 0 Å². The van der Waals surface area contributed by atoms with Gasteiger partial charge in [-0.05, 0) is 37.5 Å². The quantitative estimate of drug-likeness (QED) is 0.943. The zero-order chi connectivity index (χ0) is 15.0. The highest BCUT2D eigenvalue weighted by molar-refractivity contribution is 5.92. The minimum absolute atomic E-state index is 0.293. The van der Waals surface area contributed by atoms with Gasteiger partial charge in [-0.25, -0.2) is 14.5 Å². The Kier molecular flexibility index (Phi) is 3.57. The Morgan fingerprint density at radius 1 is 1.24 bits per heavy atom. The molecule has 1 saturated heterocycles. The summed E-state index contributed by atoms with van der Waals surface area (Å²) >= 11 is 0. The normalized spacial score (nSPS) is 15.9. The lowest BCUT2D eigenvalue weighted by molar-refractivity contribution is 0.0697. The highest BCUT2D eigenvalue weighted by Crippen LogP contribution is 2.24. The van der Waals surface area contributed by atoms with Crippen LogP contribution in [0.15, 0.2) is 18.2 Å². The van der Waals surface area contributed by atoms with Gasteiger partial charge in [0, 0.05) is 19.0 Å². The molecule has 21 heavy (non-hydrogen) atoms. The molecular formula is C16H21N3O2. The number of nitrogens with zero attached hydrogens (tertiary/aromatic N) is 3. The summed E-state index contributed by atoms with van der Waals surface area (Å²) in [5.74, 6) is 0.401. The molecule has 0 amide bonds. The van der Waals surface area contributed by atoms with Crippen molar-refractivity contribution in [2.75, 3.05) is 18.1 Å². The number of hydrogen-bond donors (Lipinski definition) is 1. The van der Waals surface area contributed by atoms with E-state index in [1.807, 2.05) is 6.07 Å². The van der Waals surface area contributed by atoms with Gasteiger partial charge in [0.1, 0.15) is 5.82 Å². The molecule has 2 aromatic rings. The molecule has 0 aliphatic carbocycles. The number of carboxylic acid groups (broad SMARTS) is 1. The van der Waals surface area contributed by atoms with Crippen LogP contribution in [0.5, 0.6) is 0 Å². The SMILES string of the molecule is CC(C)c1nc2cc(C(=O)O)ccc2n1N1CCCCC1. The first-order valence-electron chi connectivity index (χ1n) is 7.59. The predicted octanol–water partition coefficient (Wildman–Crippen LogP) is 2.98.